The summed E-state index contributed by atoms with van der Waals surface area (Å²) in [6.07, 6.45) is 0. The van der Waals surface area contributed by atoms with Crippen LogP contribution >= 0.6 is 0 Å². The van der Waals surface area contributed by atoms with Gasteiger partial charge in [-0.3, -0.25) is 4.79 Å². The van der Waals surface area contributed by atoms with E-state index in [-0.39, 0.29) is 5.78 Å². The van der Waals surface area contributed by atoms with E-state index in [0.717, 1.165) is 16.7 Å². The zero-order valence-electron chi connectivity index (χ0n) is 12.4. The van der Waals surface area contributed by atoms with Gasteiger partial charge < -0.3 is 0 Å². The molecule has 0 fully saturated rings. The van der Waals surface area contributed by atoms with Crippen molar-refractivity contribution in [2.75, 3.05) is 0 Å². The molecule has 0 unspecified atom stereocenters. The maximum Gasteiger partial charge on any atom is 0.193 e. The molecule has 0 aromatic heterocycles. The van der Waals surface area contributed by atoms with Gasteiger partial charge in [0.2, 0.25) is 0 Å². The van der Waals surface area contributed by atoms with Crippen LogP contribution in [0.5, 0.6) is 0 Å². The van der Waals surface area contributed by atoms with Crippen LogP contribution in [0.1, 0.15) is 38.2 Å². The van der Waals surface area contributed by atoms with Crippen molar-refractivity contribution in [1.82, 2.24) is 0 Å². The molecular weight excluding hydrogens is 244 g/mol. The minimum Gasteiger partial charge on any atom is -0.289 e. The molecule has 0 radical (unpaired) electrons. The molecule has 1 aliphatic rings. The summed E-state index contributed by atoms with van der Waals surface area (Å²) in [5.41, 5.74) is 9.57. The molecule has 0 saturated carbocycles. The van der Waals surface area contributed by atoms with Crippen molar-refractivity contribution in [2.24, 2.45) is 0 Å². The van der Waals surface area contributed by atoms with Crippen LogP contribution in [0.15, 0.2) is 30.8 Å². The van der Waals surface area contributed by atoms with Crippen LogP contribution in [0.3, 0.4) is 0 Å². The maximum absolute atomic E-state index is 12.5. The Hall–Kier alpha value is -2.15. The van der Waals surface area contributed by atoms with E-state index in [1.807, 2.05) is 18.2 Å². The monoisotopic (exact) mass is 262 g/mol. The van der Waals surface area contributed by atoms with E-state index in [1.54, 1.807) is 0 Å². The molecular formula is C19H18O. The fourth-order valence-electron chi connectivity index (χ4n) is 3.00. The Morgan fingerprint density at radius 3 is 1.75 bits per heavy atom. The topological polar surface area (TPSA) is 17.1 Å². The molecule has 1 nitrogen and oxygen atoms in total. The molecule has 0 amide bonds. The third-order valence-electron chi connectivity index (χ3n) is 4.57. The number of hydrogen-bond donors (Lipinski definition) is 0. The van der Waals surface area contributed by atoms with Gasteiger partial charge in [0.25, 0.3) is 0 Å². The number of aryl methyl sites for hydroxylation is 2. The van der Waals surface area contributed by atoms with Gasteiger partial charge in [-0.25, -0.2) is 0 Å². The van der Waals surface area contributed by atoms with Crippen LogP contribution in [0.2, 0.25) is 0 Å². The molecule has 0 bridgehead atoms. The minimum absolute atomic E-state index is 0.0545. The summed E-state index contributed by atoms with van der Waals surface area (Å²) in [5, 5.41) is 0. The number of carbonyl (C=O) groups is 1. The van der Waals surface area contributed by atoms with Gasteiger partial charge >= 0.3 is 0 Å². The van der Waals surface area contributed by atoms with E-state index in [0.29, 0.717) is 5.57 Å². The summed E-state index contributed by atoms with van der Waals surface area (Å²) in [5.74, 6) is 0.0545. The van der Waals surface area contributed by atoms with Gasteiger partial charge in [0.05, 0.1) is 0 Å². The summed E-state index contributed by atoms with van der Waals surface area (Å²) in [7, 11) is 0. The van der Waals surface area contributed by atoms with E-state index >= 15 is 0 Å². The lowest BCUT2D eigenvalue weighted by atomic mass is 9.76. The fraction of sp³-hybridized carbons (Fsp3) is 0.211. The lowest BCUT2D eigenvalue weighted by Crippen LogP contribution is -2.14. The van der Waals surface area contributed by atoms with Gasteiger partial charge in [0.1, 0.15) is 0 Å². The van der Waals surface area contributed by atoms with Gasteiger partial charge in [-0.2, -0.15) is 0 Å². The SMILES string of the molecule is C=C1C(=O)c2ccc(C)c(C)c2-c2c1ccc(C)c2C. The third kappa shape index (κ3) is 1.53. The molecule has 1 heteroatoms. The second-order valence-corrected chi connectivity index (χ2v) is 5.67. The standard InChI is InChI=1S/C19H18O/c1-10-6-8-15-14(5)19(20)16-9-7-11(2)13(4)18(16)17(15)12(10)3/h6-9H,5H2,1-4H3. The molecule has 0 spiro atoms. The zero-order valence-corrected chi connectivity index (χ0v) is 12.4. The van der Waals surface area contributed by atoms with Crippen molar-refractivity contribution in [3.63, 3.8) is 0 Å². The number of benzene rings is 2. The second kappa shape index (κ2) is 4.17. The van der Waals surface area contributed by atoms with Crippen LogP contribution in [-0.4, -0.2) is 5.78 Å². The average molecular weight is 262 g/mol. The fourth-order valence-corrected chi connectivity index (χ4v) is 3.00. The van der Waals surface area contributed by atoms with Crippen LogP contribution in [-0.2, 0) is 0 Å². The molecule has 3 rings (SSSR count). The van der Waals surface area contributed by atoms with Gasteiger partial charge in [-0.05, 0) is 66.6 Å². The van der Waals surface area contributed by atoms with Crippen molar-refractivity contribution in [2.45, 2.75) is 27.7 Å². The number of fused-ring (bicyclic) bond motifs is 3. The van der Waals surface area contributed by atoms with Crippen LogP contribution < -0.4 is 0 Å². The summed E-state index contributed by atoms with van der Waals surface area (Å²) < 4.78 is 0. The van der Waals surface area contributed by atoms with Gasteiger partial charge in [0, 0.05) is 11.1 Å². The highest BCUT2D eigenvalue weighted by atomic mass is 16.1. The summed E-state index contributed by atoms with van der Waals surface area (Å²) >= 11 is 0. The highest BCUT2D eigenvalue weighted by Crippen LogP contribution is 2.43. The molecule has 1 aliphatic carbocycles. The maximum atomic E-state index is 12.5. The number of allylic oxidation sites excluding steroid dienone is 1. The first-order valence-corrected chi connectivity index (χ1v) is 6.88. The molecule has 0 heterocycles. The molecule has 2 aromatic rings. The number of ketones is 1. The van der Waals surface area contributed by atoms with E-state index in [4.69, 9.17) is 0 Å². The van der Waals surface area contributed by atoms with Gasteiger partial charge in [-0.1, -0.05) is 30.8 Å². The first kappa shape index (κ1) is 12.9. The first-order chi connectivity index (χ1) is 9.43. The quantitative estimate of drug-likeness (QED) is 0.623. The van der Waals surface area contributed by atoms with Gasteiger partial charge in [-0.15, -0.1) is 0 Å². The number of Topliss-reactive ketones (excluding diaryl/α,β-unsaturated/α-hetero) is 1. The first-order valence-electron chi connectivity index (χ1n) is 6.88. The Bertz CT molecular complexity index is 711. The normalized spacial score (nSPS) is 13.2. The van der Waals surface area contributed by atoms with E-state index in [9.17, 15) is 4.79 Å². The lowest BCUT2D eigenvalue weighted by Gasteiger charge is -2.26. The Morgan fingerprint density at radius 1 is 0.750 bits per heavy atom. The van der Waals surface area contributed by atoms with Crippen LogP contribution in [0.25, 0.3) is 16.7 Å². The van der Waals surface area contributed by atoms with Crippen molar-refractivity contribution in [1.29, 1.82) is 0 Å². The van der Waals surface area contributed by atoms with E-state index in [2.05, 4.69) is 40.3 Å². The van der Waals surface area contributed by atoms with Crippen molar-refractivity contribution >= 4 is 11.4 Å². The molecule has 0 N–H and O–H groups in total. The Kier molecular flexibility index (Phi) is 2.68. The largest absolute Gasteiger partial charge is 0.289 e. The molecule has 100 valence electrons. The predicted molar refractivity (Wildman–Crippen MR) is 84.2 cm³/mol. The Balaban J connectivity index is 2.52. The second-order valence-electron chi connectivity index (χ2n) is 5.67. The molecule has 2 aromatic carbocycles. The smallest absolute Gasteiger partial charge is 0.193 e. The van der Waals surface area contributed by atoms with E-state index < -0.39 is 0 Å². The lowest BCUT2D eigenvalue weighted by molar-refractivity contribution is 0.105. The zero-order chi connectivity index (χ0) is 14.6. The molecule has 20 heavy (non-hydrogen) atoms. The Labute approximate surface area is 120 Å². The van der Waals surface area contributed by atoms with E-state index in [1.165, 1.54) is 27.8 Å². The Morgan fingerprint density at radius 2 is 1.20 bits per heavy atom. The number of hydrogen-bond acceptors (Lipinski definition) is 1. The third-order valence-corrected chi connectivity index (χ3v) is 4.57. The van der Waals surface area contributed by atoms with Crippen molar-refractivity contribution in [3.8, 4) is 11.1 Å². The number of carbonyl (C=O) groups excluding carboxylic acids is 1. The predicted octanol–water partition coefficient (Wildman–Crippen LogP) is 4.80. The van der Waals surface area contributed by atoms with Crippen molar-refractivity contribution in [3.05, 3.63) is 64.2 Å². The summed E-state index contributed by atoms with van der Waals surface area (Å²) in [4.78, 5) is 12.5. The average Bonchev–Trinajstić information content (AvgIpc) is 2.43. The highest BCUT2D eigenvalue weighted by molar-refractivity contribution is 6.34. The summed E-state index contributed by atoms with van der Waals surface area (Å²) in [6, 6.07) is 8.07. The van der Waals surface area contributed by atoms with Crippen LogP contribution in [0, 0.1) is 27.7 Å². The van der Waals surface area contributed by atoms with Crippen LogP contribution in [0.4, 0.5) is 0 Å². The molecule has 0 atom stereocenters. The highest BCUT2D eigenvalue weighted by Gasteiger charge is 2.29. The minimum atomic E-state index is 0.0545. The number of rotatable bonds is 0. The van der Waals surface area contributed by atoms with Gasteiger partial charge in [0.15, 0.2) is 5.78 Å². The van der Waals surface area contributed by atoms with Crippen molar-refractivity contribution < 1.29 is 4.79 Å². The molecule has 0 aliphatic heterocycles. The molecule has 0 saturated heterocycles. The summed E-state index contributed by atoms with van der Waals surface area (Å²) in [6.45, 7) is 12.4.